The van der Waals surface area contributed by atoms with Crippen LogP contribution in [0.5, 0.6) is 0 Å². The summed E-state index contributed by atoms with van der Waals surface area (Å²) in [6, 6.07) is 8.19. The average molecular weight is 402 g/mol. The van der Waals surface area contributed by atoms with Crippen molar-refractivity contribution in [2.24, 2.45) is 0 Å². The van der Waals surface area contributed by atoms with E-state index in [-0.39, 0.29) is 12.5 Å². The molecular formula is C21H27FN4O3. The normalized spacial score (nSPS) is 10.9. The minimum atomic E-state index is -0.394. The van der Waals surface area contributed by atoms with Crippen molar-refractivity contribution in [3.05, 3.63) is 46.9 Å². The number of nitrogens with zero attached hydrogens (tertiary/aromatic N) is 3. The van der Waals surface area contributed by atoms with E-state index in [9.17, 15) is 14.4 Å². The maximum absolute atomic E-state index is 13.8. The third-order valence-corrected chi connectivity index (χ3v) is 4.74. The molecule has 7 nitrogen and oxygen atoms in total. The molecule has 2 aromatic rings. The van der Waals surface area contributed by atoms with Gasteiger partial charge in [0, 0.05) is 33.0 Å². The van der Waals surface area contributed by atoms with Gasteiger partial charge < -0.3 is 14.8 Å². The highest BCUT2D eigenvalue weighted by atomic mass is 19.1. The monoisotopic (exact) mass is 402 g/mol. The second-order valence-electron chi connectivity index (χ2n) is 6.67. The molecule has 0 saturated carbocycles. The van der Waals surface area contributed by atoms with Crippen LogP contribution in [0.2, 0.25) is 0 Å². The smallest absolute Gasteiger partial charge is 0.239 e. The Balaban J connectivity index is 2.32. The van der Waals surface area contributed by atoms with Crippen molar-refractivity contribution < 1.29 is 18.7 Å². The molecule has 29 heavy (non-hydrogen) atoms. The SMILES string of the molecule is COCCN(CCOC)CC(=O)Nc1c(C#N)c(C)c(C)n1-c1cccc(F)c1. The minimum absolute atomic E-state index is 0.115. The van der Waals surface area contributed by atoms with Crippen molar-refractivity contribution in [2.45, 2.75) is 13.8 Å². The van der Waals surface area contributed by atoms with Crippen LogP contribution in [0.1, 0.15) is 16.8 Å². The molecular weight excluding hydrogens is 375 g/mol. The number of rotatable bonds is 10. The van der Waals surface area contributed by atoms with Crippen LogP contribution < -0.4 is 5.32 Å². The van der Waals surface area contributed by atoms with Gasteiger partial charge in [-0.25, -0.2) is 4.39 Å². The standard InChI is InChI=1S/C21H27FN4O3/c1-15-16(2)26(18-7-5-6-17(22)12-18)21(19(15)13-23)24-20(27)14-25(8-10-28-3)9-11-29-4/h5-7,12H,8-11,14H2,1-4H3,(H,24,27). The van der Waals surface area contributed by atoms with Crippen molar-refractivity contribution in [1.82, 2.24) is 9.47 Å². The summed E-state index contributed by atoms with van der Waals surface area (Å²) >= 11 is 0. The van der Waals surface area contributed by atoms with E-state index in [1.165, 1.54) is 12.1 Å². The Kier molecular flexibility index (Phi) is 8.34. The Hall–Kier alpha value is -2.73. The van der Waals surface area contributed by atoms with Crippen LogP contribution in [0.15, 0.2) is 24.3 Å². The van der Waals surface area contributed by atoms with Gasteiger partial charge in [-0.3, -0.25) is 14.3 Å². The molecule has 0 atom stereocenters. The molecule has 2 rings (SSSR count). The van der Waals surface area contributed by atoms with Crippen LogP contribution in [0, 0.1) is 31.0 Å². The van der Waals surface area contributed by atoms with Gasteiger partial charge in [0.25, 0.3) is 0 Å². The number of amides is 1. The molecule has 156 valence electrons. The van der Waals surface area contributed by atoms with Gasteiger partial charge in [-0.05, 0) is 37.6 Å². The van der Waals surface area contributed by atoms with Crippen molar-refractivity contribution in [3.63, 3.8) is 0 Å². The number of carbonyl (C=O) groups excluding carboxylic acids is 1. The summed E-state index contributed by atoms with van der Waals surface area (Å²) in [5.74, 6) is -0.324. The number of benzene rings is 1. The minimum Gasteiger partial charge on any atom is -0.383 e. The number of hydrogen-bond donors (Lipinski definition) is 1. The van der Waals surface area contributed by atoms with E-state index >= 15 is 0 Å². The summed E-state index contributed by atoms with van der Waals surface area (Å²) in [5.41, 5.74) is 2.40. The topological polar surface area (TPSA) is 79.5 Å². The predicted octanol–water partition coefficient (Wildman–Crippen LogP) is 2.64. The first-order chi connectivity index (χ1) is 13.9. The highest BCUT2D eigenvalue weighted by Gasteiger charge is 2.21. The zero-order valence-electron chi connectivity index (χ0n) is 17.3. The van der Waals surface area contributed by atoms with Crippen LogP contribution >= 0.6 is 0 Å². The third-order valence-electron chi connectivity index (χ3n) is 4.74. The number of methoxy groups -OCH3 is 2. The van der Waals surface area contributed by atoms with E-state index in [0.29, 0.717) is 43.4 Å². The van der Waals surface area contributed by atoms with Gasteiger partial charge >= 0.3 is 0 Å². The zero-order chi connectivity index (χ0) is 21.4. The third kappa shape index (κ3) is 5.64. The van der Waals surface area contributed by atoms with Gasteiger partial charge in [0.15, 0.2) is 0 Å². The lowest BCUT2D eigenvalue weighted by molar-refractivity contribution is -0.117. The van der Waals surface area contributed by atoms with E-state index in [1.807, 2.05) is 18.7 Å². The molecule has 1 aromatic carbocycles. The van der Waals surface area contributed by atoms with Crippen LogP contribution in [0.3, 0.4) is 0 Å². The van der Waals surface area contributed by atoms with E-state index in [2.05, 4.69) is 11.4 Å². The number of anilines is 1. The van der Waals surface area contributed by atoms with Crippen molar-refractivity contribution in [2.75, 3.05) is 52.4 Å². The quantitative estimate of drug-likeness (QED) is 0.661. The van der Waals surface area contributed by atoms with Crippen molar-refractivity contribution in [3.8, 4) is 11.8 Å². The van der Waals surface area contributed by atoms with E-state index in [1.54, 1.807) is 30.9 Å². The van der Waals surface area contributed by atoms with E-state index in [0.717, 1.165) is 11.3 Å². The van der Waals surface area contributed by atoms with Crippen molar-refractivity contribution in [1.29, 1.82) is 5.26 Å². The molecule has 0 radical (unpaired) electrons. The maximum Gasteiger partial charge on any atom is 0.239 e. The van der Waals surface area contributed by atoms with Crippen LogP contribution in [-0.4, -0.2) is 62.4 Å². The fourth-order valence-corrected chi connectivity index (χ4v) is 3.08. The summed E-state index contributed by atoms with van der Waals surface area (Å²) < 4.78 is 25.7. The number of nitriles is 1. The Morgan fingerprint density at radius 3 is 2.45 bits per heavy atom. The first kappa shape index (κ1) is 22.6. The van der Waals surface area contributed by atoms with E-state index in [4.69, 9.17) is 9.47 Å². The van der Waals surface area contributed by atoms with Gasteiger partial charge in [-0.1, -0.05) is 6.07 Å². The summed E-state index contributed by atoms with van der Waals surface area (Å²) in [7, 11) is 3.20. The molecule has 0 spiro atoms. The van der Waals surface area contributed by atoms with Crippen LogP contribution in [0.25, 0.3) is 5.69 Å². The first-order valence-electron chi connectivity index (χ1n) is 9.30. The molecule has 1 heterocycles. The lowest BCUT2D eigenvalue weighted by Gasteiger charge is -2.21. The molecule has 0 aliphatic rings. The molecule has 0 aliphatic carbocycles. The van der Waals surface area contributed by atoms with E-state index < -0.39 is 5.82 Å². The fourth-order valence-electron chi connectivity index (χ4n) is 3.08. The average Bonchev–Trinajstić information content (AvgIpc) is 2.93. The lowest BCUT2D eigenvalue weighted by Crippen LogP contribution is -2.38. The number of hydrogen-bond acceptors (Lipinski definition) is 5. The highest BCUT2D eigenvalue weighted by molar-refractivity contribution is 5.93. The first-order valence-corrected chi connectivity index (χ1v) is 9.30. The van der Waals surface area contributed by atoms with Gasteiger partial charge in [-0.2, -0.15) is 5.26 Å². The molecule has 0 bridgehead atoms. The van der Waals surface area contributed by atoms with Gasteiger partial charge in [0.05, 0.1) is 31.0 Å². The molecule has 1 amide bonds. The van der Waals surface area contributed by atoms with Crippen LogP contribution in [0.4, 0.5) is 10.2 Å². The molecule has 1 aromatic heterocycles. The summed E-state index contributed by atoms with van der Waals surface area (Å²) in [5, 5.41) is 12.5. The lowest BCUT2D eigenvalue weighted by atomic mass is 10.2. The second-order valence-corrected chi connectivity index (χ2v) is 6.67. The fraction of sp³-hybridized carbons (Fsp3) is 0.429. The number of halogens is 1. The molecule has 0 saturated heterocycles. The molecule has 1 N–H and O–H groups in total. The molecule has 0 fully saturated rings. The number of aromatic nitrogens is 1. The Bertz CT molecular complexity index is 881. The second kappa shape index (κ2) is 10.7. The number of nitrogens with one attached hydrogen (secondary N) is 1. The van der Waals surface area contributed by atoms with Gasteiger partial charge in [0.2, 0.25) is 5.91 Å². The van der Waals surface area contributed by atoms with Crippen molar-refractivity contribution >= 4 is 11.7 Å². The summed E-state index contributed by atoms with van der Waals surface area (Å²) in [6.07, 6.45) is 0. The number of carbonyl (C=O) groups is 1. The molecule has 8 heteroatoms. The van der Waals surface area contributed by atoms with Crippen LogP contribution in [-0.2, 0) is 14.3 Å². The Morgan fingerprint density at radius 2 is 1.90 bits per heavy atom. The number of ether oxygens (including phenoxy) is 2. The summed E-state index contributed by atoms with van der Waals surface area (Å²) in [6.45, 7) is 5.87. The molecule has 0 aliphatic heterocycles. The molecule has 0 unspecified atom stereocenters. The van der Waals surface area contributed by atoms with Gasteiger partial charge in [-0.15, -0.1) is 0 Å². The zero-order valence-corrected chi connectivity index (χ0v) is 17.3. The Labute approximate surface area is 170 Å². The highest BCUT2D eigenvalue weighted by Crippen LogP contribution is 2.30. The predicted molar refractivity (Wildman–Crippen MR) is 109 cm³/mol. The van der Waals surface area contributed by atoms with Gasteiger partial charge in [0.1, 0.15) is 17.7 Å². The Morgan fingerprint density at radius 1 is 1.24 bits per heavy atom. The maximum atomic E-state index is 13.8. The summed E-state index contributed by atoms with van der Waals surface area (Å²) in [4.78, 5) is 14.7. The largest absolute Gasteiger partial charge is 0.383 e.